The van der Waals surface area contributed by atoms with Gasteiger partial charge in [-0.25, -0.2) is 4.79 Å². The van der Waals surface area contributed by atoms with Gasteiger partial charge in [0.25, 0.3) is 0 Å². The van der Waals surface area contributed by atoms with Crippen LogP contribution < -0.4 is 5.32 Å². The zero-order chi connectivity index (χ0) is 23.3. The van der Waals surface area contributed by atoms with Crippen LogP contribution in [0.3, 0.4) is 0 Å². The van der Waals surface area contributed by atoms with Crippen LogP contribution in [-0.2, 0) is 38.3 Å². The third-order valence-corrected chi connectivity index (χ3v) is 7.75. The molecule has 0 aromatic carbocycles. The van der Waals surface area contributed by atoms with Crippen molar-refractivity contribution < 1.29 is 24.2 Å². The van der Waals surface area contributed by atoms with E-state index in [0.29, 0.717) is 38.6 Å². The molecule has 2 heterocycles. The van der Waals surface area contributed by atoms with Gasteiger partial charge in [0.15, 0.2) is 0 Å². The maximum atomic E-state index is 12.6. The predicted octanol–water partition coefficient (Wildman–Crippen LogP) is 3.46. The number of amides is 1. The van der Waals surface area contributed by atoms with Crippen LogP contribution >= 0.6 is 0 Å². The number of aryl methyl sites for hydroxylation is 3. The first-order valence-electron chi connectivity index (χ1n) is 12.6. The molecule has 2 fully saturated rings. The van der Waals surface area contributed by atoms with Gasteiger partial charge in [0.1, 0.15) is 6.04 Å². The van der Waals surface area contributed by atoms with Gasteiger partial charge in [-0.05, 0) is 81.8 Å². The van der Waals surface area contributed by atoms with Gasteiger partial charge >= 0.3 is 5.97 Å². The summed E-state index contributed by atoms with van der Waals surface area (Å²) < 4.78 is 11.2. The fourth-order valence-corrected chi connectivity index (χ4v) is 5.16. The van der Waals surface area contributed by atoms with Crippen molar-refractivity contribution in [1.82, 2.24) is 10.3 Å². The number of carbonyl (C=O) groups is 2. The molecule has 1 aromatic rings. The van der Waals surface area contributed by atoms with E-state index < -0.39 is 17.4 Å². The van der Waals surface area contributed by atoms with Gasteiger partial charge in [-0.1, -0.05) is 13.0 Å². The number of hydrogen-bond donors (Lipinski definition) is 2. The summed E-state index contributed by atoms with van der Waals surface area (Å²) >= 11 is 0. The molecule has 0 spiro atoms. The smallest absolute Gasteiger partial charge is 0.326 e. The quantitative estimate of drug-likeness (QED) is 0.557. The lowest BCUT2D eigenvalue weighted by Crippen LogP contribution is -2.49. The second kappa shape index (κ2) is 11.0. The van der Waals surface area contributed by atoms with E-state index in [-0.39, 0.29) is 18.4 Å². The highest BCUT2D eigenvalue weighted by Crippen LogP contribution is 2.34. The molecule has 4 rings (SSSR count). The molecule has 2 N–H and O–H groups in total. The average molecular weight is 459 g/mol. The Morgan fingerprint density at radius 3 is 2.76 bits per heavy atom. The van der Waals surface area contributed by atoms with Crippen LogP contribution in [0.4, 0.5) is 0 Å². The Bertz CT molecular complexity index is 830. The molecule has 1 amide bonds. The maximum Gasteiger partial charge on any atom is 0.326 e. The SMILES string of the molecule is CC1(C(=O)N[C@@H](CCOC2CC(CCc3ccc4c(n3)CCCC4)C2)C(=O)O)CCOCC1. The van der Waals surface area contributed by atoms with Crippen molar-refractivity contribution in [2.75, 3.05) is 19.8 Å². The molecule has 1 saturated carbocycles. The normalized spacial score (nSPS) is 24.9. The fraction of sp³-hybridized carbons (Fsp3) is 0.731. The van der Waals surface area contributed by atoms with Crippen LogP contribution in [0.1, 0.15) is 75.2 Å². The highest BCUT2D eigenvalue weighted by molar-refractivity contribution is 5.87. The first kappa shape index (κ1) is 24.1. The summed E-state index contributed by atoms with van der Waals surface area (Å²) in [5.74, 6) is -0.555. The van der Waals surface area contributed by atoms with Crippen molar-refractivity contribution in [2.45, 2.75) is 89.7 Å². The summed E-state index contributed by atoms with van der Waals surface area (Å²) in [6, 6.07) is 3.55. The fourth-order valence-electron chi connectivity index (χ4n) is 5.16. The minimum Gasteiger partial charge on any atom is -0.480 e. The largest absolute Gasteiger partial charge is 0.480 e. The molecule has 0 radical (unpaired) electrons. The standard InChI is InChI=1S/C26H38N2O5/c1-26(11-14-32-15-12-26)25(31)28-23(24(29)30)10-13-33-21-16-18(17-21)6-8-20-9-7-19-4-2-3-5-22(19)27-20/h7,9,18,21,23H,2-6,8,10-17H2,1H3,(H,28,31)(H,29,30)/t18?,21?,23-/m0/s1. The van der Waals surface area contributed by atoms with Gasteiger partial charge in [-0.3, -0.25) is 9.78 Å². The number of pyridine rings is 1. The Kier molecular flexibility index (Phi) is 8.02. The molecule has 1 saturated heterocycles. The second-order valence-corrected chi connectivity index (χ2v) is 10.3. The van der Waals surface area contributed by atoms with Crippen molar-refractivity contribution in [1.29, 1.82) is 0 Å². The van der Waals surface area contributed by atoms with Crippen molar-refractivity contribution in [2.24, 2.45) is 11.3 Å². The van der Waals surface area contributed by atoms with E-state index in [9.17, 15) is 14.7 Å². The zero-order valence-corrected chi connectivity index (χ0v) is 19.8. The molecule has 3 aliphatic rings. The third-order valence-electron chi connectivity index (χ3n) is 7.75. The summed E-state index contributed by atoms with van der Waals surface area (Å²) in [5.41, 5.74) is 3.39. The van der Waals surface area contributed by atoms with Gasteiger partial charge < -0.3 is 19.9 Å². The number of carbonyl (C=O) groups excluding carboxylic acids is 1. The predicted molar refractivity (Wildman–Crippen MR) is 124 cm³/mol. The Morgan fingerprint density at radius 2 is 2.00 bits per heavy atom. The zero-order valence-electron chi connectivity index (χ0n) is 19.8. The monoisotopic (exact) mass is 458 g/mol. The van der Waals surface area contributed by atoms with E-state index in [2.05, 4.69) is 17.4 Å². The summed E-state index contributed by atoms with van der Waals surface area (Å²) in [5, 5.41) is 12.3. The Balaban J connectivity index is 1.13. The molecule has 2 aliphatic carbocycles. The molecule has 7 heteroatoms. The third kappa shape index (κ3) is 6.33. The minimum atomic E-state index is -1.01. The molecule has 1 atom stereocenters. The summed E-state index contributed by atoms with van der Waals surface area (Å²) in [6.07, 6.45) is 10.7. The molecular weight excluding hydrogens is 420 g/mol. The number of aromatic nitrogens is 1. The molecule has 0 bridgehead atoms. The lowest BCUT2D eigenvalue weighted by atomic mass is 9.79. The topological polar surface area (TPSA) is 97.8 Å². The van der Waals surface area contributed by atoms with Crippen molar-refractivity contribution in [3.05, 3.63) is 29.1 Å². The number of nitrogens with one attached hydrogen (secondary N) is 1. The maximum absolute atomic E-state index is 12.6. The summed E-state index contributed by atoms with van der Waals surface area (Å²) in [7, 11) is 0. The summed E-state index contributed by atoms with van der Waals surface area (Å²) in [6.45, 7) is 3.31. The number of carboxylic acid groups (broad SMARTS) is 1. The number of aliphatic carboxylic acids is 1. The van der Waals surface area contributed by atoms with E-state index in [4.69, 9.17) is 14.5 Å². The van der Waals surface area contributed by atoms with Crippen molar-refractivity contribution in [3.63, 3.8) is 0 Å². The van der Waals surface area contributed by atoms with Gasteiger partial charge in [0.05, 0.1) is 11.5 Å². The van der Waals surface area contributed by atoms with Crippen LogP contribution in [0.2, 0.25) is 0 Å². The van der Waals surface area contributed by atoms with Gasteiger partial charge in [-0.2, -0.15) is 0 Å². The molecule has 33 heavy (non-hydrogen) atoms. The van der Waals surface area contributed by atoms with Crippen LogP contribution in [0.5, 0.6) is 0 Å². The Labute approximate surface area is 196 Å². The van der Waals surface area contributed by atoms with Crippen LogP contribution in [0.15, 0.2) is 12.1 Å². The van der Waals surface area contributed by atoms with Crippen molar-refractivity contribution in [3.8, 4) is 0 Å². The lowest BCUT2D eigenvalue weighted by molar-refractivity contribution is -0.146. The first-order chi connectivity index (χ1) is 15.9. The van der Waals surface area contributed by atoms with Crippen molar-refractivity contribution >= 4 is 11.9 Å². The number of fused-ring (bicyclic) bond motifs is 1. The highest BCUT2D eigenvalue weighted by Gasteiger charge is 2.37. The average Bonchev–Trinajstić information content (AvgIpc) is 2.79. The number of ether oxygens (including phenoxy) is 2. The first-order valence-corrected chi connectivity index (χ1v) is 12.6. The highest BCUT2D eigenvalue weighted by atomic mass is 16.5. The van der Waals surface area contributed by atoms with Gasteiger partial charge in [0, 0.05) is 37.6 Å². The second-order valence-electron chi connectivity index (χ2n) is 10.3. The number of nitrogens with zero attached hydrogens (tertiary/aromatic N) is 1. The van der Waals surface area contributed by atoms with E-state index >= 15 is 0 Å². The molecular formula is C26H38N2O5. The Hall–Kier alpha value is -1.99. The number of rotatable bonds is 10. The number of carboxylic acids is 1. The molecule has 0 unspecified atom stereocenters. The summed E-state index contributed by atoms with van der Waals surface area (Å²) in [4.78, 5) is 29.2. The van der Waals surface area contributed by atoms with E-state index in [1.165, 1.54) is 36.2 Å². The van der Waals surface area contributed by atoms with Gasteiger partial charge in [-0.15, -0.1) is 0 Å². The van der Waals surface area contributed by atoms with Crippen LogP contribution in [0, 0.1) is 11.3 Å². The van der Waals surface area contributed by atoms with Crippen LogP contribution in [-0.4, -0.2) is 53.9 Å². The minimum absolute atomic E-state index is 0.197. The molecule has 7 nitrogen and oxygen atoms in total. The van der Waals surface area contributed by atoms with E-state index in [0.717, 1.165) is 32.1 Å². The Morgan fingerprint density at radius 1 is 1.24 bits per heavy atom. The van der Waals surface area contributed by atoms with E-state index in [1.54, 1.807) is 0 Å². The van der Waals surface area contributed by atoms with Crippen LogP contribution in [0.25, 0.3) is 0 Å². The number of hydrogen-bond acceptors (Lipinski definition) is 5. The van der Waals surface area contributed by atoms with E-state index in [1.807, 2.05) is 6.92 Å². The lowest BCUT2D eigenvalue weighted by Gasteiger charge is -2.36. The molecule has 182 valence electrons. The van der Waals surface area contributed by atoms with Gasteiger partial charge in [0.2, 0.25) is 5.91 Å². The molecule has 1 aliphatic heterocycles. The molecule has 1 aromatic heterocycles.